The number of anilines is 1. The van der Waals surface area contributed by atoms with E-state index in [4.69, 9.17) is 9.97 Å². The van der Waals surface area contributed by atoms with Crippen LogP contribution in [-0.2, 0) is 23.0 Å². The van der Waals surface area contributed by atoms with Gasteiger partial charge >= 0.3 is 0 Å². The summed E-state index contributed by atoms with van der Waals surface area (Å²) in [7, 11) is -1.60. The van der Waals surface area contributed by atoms with E-state index in [2.05, 4.69) is 10.6 Å². The number of rotatable bonds is 6. The number of hydrogen-bond donors (Lipinski definition) is 2. The minimum Gasteiger partial charge on any atom is -0.368 e. The Hall–Kier alpha value is -2.03. The molecule has 0 bridgehead atoms. The van der Waals surface area contributed by atoms with Crippen LogP contribution in [0.1, 0.15) is 11.3 Å². The smallest absolute Gasteiger partial charge is 0.211 e. The Labute approximate surface area is 148 Å². The minimum absolute atomic E-state index is 0.385. The lowest BCUT2D eigenvalue weighted by atomic mass is 10.1. The molecule has 0 spiro atoms. The van der Waals surface area contributed by atoms with Gasteiger partial charge in [0.15, 0.2) is 5.82 Å². The first-order valence-electron chi connectivity index (χ1n) is 8.26. The number of aromatic nitrogens is 2. The van der Waals surface area contributed by atoms with Crippen LogP contribution in [0.3, 0.4) is 0 Å². The first-order chi connectivity index (χ1) is 11.9. The molecule has 2 heterocycles. The normalized spacial score (nSPS) is 14.4. The Morgan fingerprint density at radius 1 is 1.24 bits per heavy atom. The third-order valence-electron chi connectivity index (χ3n) is 4.25. The summed E-state index contributed by atoms with van der Waals surface area (Å²) in [5, 5.41) is 6.64. The van der Waals surface area contributed by atoms with Crippen LogP contribution in [0.5, 0.6) is 0 Å². The van der Waals surface area contributed by atoms with E-state index in [1.54, 1.807) is 7.05 Å². The fraction of sp³-hybridized carbons (Fsp3) is 0.412. The summed E-state index contributed by atoms with van der Waals surface area (Å²) < 4.78 is 24.3. The molecule has 134 valence electrons. The molecule has 0 radical (unpaired) electrons. The number of fused-ring (bicyclic) bond motifs is 1. The molecule has 2 aromatic rings. The van der Waals surface area contributed by atoms with Crippen molar-refractivity contribution in [2.24, 2.45) is 0 Å². The molecule has 3 rings (SSSR count). The predicted molar refractivity (Wildman–Crippen MR) is 98.8 cm³/mol. The van der Waals surface area contributed by atoms with Crippen LogP contribution in [0.25, 0.3) is 11.4 Å². The second-order valence-corrected chi connectivity index (χ2v) is 8.21. The molecule has 0 atom stereocenters. The molecule has 1 aliphatic heterocycles. The van der Waals surface area contributed by atoms with Crippen molar-refractivity contribution in [3.05, 3.63) is 41.6 Å². The van der Waals surface area contributed by atoms with Crippen molar-refractivity contribution in [3.63, 3.8) is 0 Å². The maximum Gasteiger partial charge on any atom is 0.211 e. The summed E-state index contributed by atoms with van der Waals surface area (Å²) >= 11 is 0. The first-order valence-corrected chi connectivity index (χ1v) is 10.1. The van der Waals surface area contributed by atoms with Crippen LogP contribution in [-0.4, -0.2) is 55.6 Å². The van der Waals surface area contributed by atoms with Gasteiger partial charge in [0, 0.05) is 37.8 Å². The molecular weight excluding hydrogens is 338 g/mol. The lowest BCUT2D eigenvalue weighted by Crippen LogP contribution is -2.31. The molecule has 8 heteroatoms. The molecule has 0 fully saturated rings. The molecule has 1 aromatic carbocycles. The van der Waals surface area contributed by atoms with Crippen molar-refractivity contribution >= 4 is 15.8 Å². The third kappa shape index (κ3) is 4.33. The number of nitrogens with zero attached hydrogens (tertiary/aromatic N) is 3. The van der Waals surface area contributed by atoms with Gasteiger partial charge in [0.25, 0.3) is 0 Å². The Morgan fingerprint density at radius 2 is 2.00 bits per heavy atom. The summed E-state index contributed by atoms with van der Waals surface area (Å²) in [6.07, 6.45) is 2.06. The summed E-state index contributed by atoms with van der Waals surface area (Å²) in [4.78, 5) is 9.40. The van der Waals surface area contributed by atoms with Gasteiger partial charge < -0.3 is 10.6 Å². The van der Waals surface area contributed by atoms with Crippen molar-refractivity contribution in [1.29, 1.82) is 0 Å². The number of likely N-dealkylation sites (N-methyl/N-ethyl adjacent to an activating group) is 1. The van der Waals surface area contributed by atoms with E-state index in [1.165, 1.54) is 10.6 Å². The van der Waals surface area contributed by atoms with Crippen LogP contribution < -0.4 is 10.6 Å². The predicted octanol–water partition coefficient (Wildman–Crippen LogP) is 1.09. The first kappa shape index (κ1) is 17.8. The average Bonchev–Trinajstić information content (AvgIpc) is 2.61. The molecule has 1 aliphatic rings. The summed E-state index contributed by atoms with van der Waals surface area (Å²) in [5.74, 6) is 1.48. The number of hydrogen-bond acceptors (Lipinski definition) is 6. The minimum atomic E-state index is -3.18. The van der Waals surface area contributed by atoms with Gasteiger partial charge in [-0.05, 0) is 13.0 Å². The van der Waals surface area contributed by atoms with Gasteiger partial charge in [-0.2, -0.15) is 0 Å². The quantitative estimate of drug-likeness (QED) is 0.801. The standard InChI is InChI=1S/C17H23N5O2S/c1-22(25(2,23)24)11-10-19-17-14-8-9-18-12-15(14)20-16(21-17)13-6-4-3-5-7-13/h3-7,18H,8-12H2,1-2H3,(H,19,20,21). The van der Waals surface area contributed by atoms with Crippen LogP contribution in [0.15, 0.2) is 30.3 Å². The molecule has 25 heavy (non-hydrogen) atoms. The van der Waals surface area contributed by atoms with E-state index in [9.17, 15) is 8.42 Å². The second kappa shape index (κ2) is 7.47. The lowest BCUT2D eigenvalue weighted by molar-refractivity contribution is 0.486. The maximum atomic E-state index is 11.5. The van der Waals surface area contributed by atoms with Crippen molar-refractivity contribution < 1.29 is 8.42 Å². The molecule has 7 nitrogen and oxygen atoms in total. The van der Waals surface area contributed by atoms with Crippen molar-refractivity contribution in [3.8, 4) is 11.4 Å². The molecule has 0 aliphatic carbocycles. The van der Waals surface area contributed by atoms with E-state index in [0.717, 1.165) is 42.1 Å². The summed E-state index contributed by atoms with van der Waals surface area (Å²) in [5.41, 5.74) is 3.08. The van der Waals surface area contributed by atoms with E-state index >= 15 is 0 Å². The zero-order chi connectivity index (χ0) is 17.9. The number of nitrogens with one attached hydrogen (secondary N) is 2. The van der Waals surface area contributed by atoms with Crippen LogP contribution in [0.2, 0.25) is 0 Å². The molecule has 1 aromatic heterocycles. The number of benzene rings is 1. The monoisotopic (exact) mass is 361 g/mol. The fourth-order valence-corrected chi connectivity index (χ4v) is 3.14. The molecular formula is C17H23N5O2S. The fourth-order valence-electron chi connectivity index (χ4n) is 2.72. The Bertz CT molecular complexity index is 840. The maximum absolute atomic E-state index is 11.5. The highest BCUT2D eigenvalue weighted by Gasteiger charge is 2.18. The van der Waals surface area contributed by atoms with Gasteiger partial charge in [0.05, 0.1) is 11.9 Å². The Balaban J connectivity index is 1.84. The molecule has 0 saturated heterocycles. The van der Waals surface area contributed by atoms with Gasteiger partial charge in [0.1, 0.15) is 5.82 Å². The third-order valence-corrected chi connectivity index (χ3v) is 5.57. The highest BCUT2D eigenvalue weighted by molar-refractivity contribution is 7.88. The van der Waals surface area contributed by atoms with Gasteiger partial charge in [-0.1, -0.05) is 30.3 Å². The highest BCUT2D eigenvalue weighted by Crippen LogP contribution is 2.24. The molecule has 0 amide bonds. The van der Waals surface area contributed by atoms with Crippen molar-refractivity contribution in [1.82, 2.24) is 19.6 Å². The van der Waals surface area contributed by atoms with Gasteiger partial charge in [-0.3, -0.25) is 0 Å². The van der Waals surface area contributed by atoms with E-state index in [1.807, 2.05) is 30.3 Å². The van der Waals surface area contributed by atoms with E-state index in [-0.39, 0.29) is 0 Å². The topological polar surface area (TPSA) is 87.2 Å². The van der Waals surface area contributed by atoms with E-state index < -0.39 is 10.0 Å². The second-order valence-electron chi connectivity index (χ2n) is 6.13. The van der Waals surface area contributed by atoms with Crippen molar-refractivity contribution in [2.45, 2.75) is 13.0 Å². The van der Waals surface area contributed by atoms with Crippen LogP contribution >= 0.6 is 0 Å². The lowest BCUT2D eigenvalue weighted by Gasteiger charge is -2.21. The number of sulfonamides is 1. The molecule has 2 N–H and O–H groups in total. The van der Waals surface area contributed by atoms with Crippen LogP contribution in [0, 0.1) is 0 Å². The van der Waals surface area contributed by atoms with Crippen LogP contribution in [0.4, 0.5) is 5.82 Å². The SMILES string of the molecule is CN(CCNc1nc(-c2ccccc2)nc2c1CCNC2)S(C)(=O)=O. The van der Waals surface area contributed by atoms with Gasteiger partial charge in [-0.15, -0.1) is 0 Å². The Kier molecular flexibility index (Phi) is 5.31. The summed E-state index contributed by atoms with van der Waals surface area (Å²) in [6, 6.07) is 9.86. The zero-order valence-electron chi connectivity index (χ0n) is 14.5. The van der Waals surface area contributed by atoms with Gasteiger partial charge in [0.2, 0.25) is 10.0 Å². The van der Waals surface area contributed by atoms with E-state index in [0.29, 0.717) is 18.9 Å². The molecule has 0 unspecified atom stereocenters. The Morgan fingerprint density at radius 3 is 2.72 bits per heavy atom. The summed E-state index contributed by atoms with van der Waals surface area (Å²) in [6.45, 7) is 2.49. The van der Waals surface area contributed by atoms with Crippen molar-refractivity contribution in [2.75, 3.05) is 38.3 Å². The average molecular weight is 361 g/mol. The molecule has 0 saturated carbocycles. The zero-order valence-corrected chi connectivity index (χ0v) is 15.3. The largest absolute Gasteiger partial charge is 0.368 e. The highest BCUT2D eigenvalue weighted by atomic mass is 32.2. The van der Waals surface area contributed by atoms with Gasteiger partial charge in [-0.25, -0.2) is 22.7 Å².